The van der Waals surface area contributed by atoms with Crippen LogP contribution in [0.5, 0.6) is 0 Å². The molecule has 15 heavy (non-hydrogen) atoms. The molecule has 0 spiro atoms. The predicted molar refractivity (Wildman–Crippen MR) is 57.6 cm³/mol. The first-order chi connectivity index (χ1) is 7.20. The van der Waals surface area contributed by atoms with E-state index >= 15 is 0 Å². The molecule has 1 N–H and O–H groups in total. The number of hydrogen-bond donors (Lipinski definition) is 1. The van der Waals surface area contributed by atoms with Gasteiger partial charge in [-0.15, -0.1) is 0 Å². The summed E-state index contributed by atoms with van der Waals surface area (Å²) in [6.07, 6.45) is 11.4. The molecule has 0 aliphatic heterocycles. The van der Waals surface area contributed by atoms with Crippen LogP contribution in [-0.2, 0) is 9.59 Å². The van der Waals surface area contributed by atoms with Crippen LogP contribution in [0.3, 0.4) is 0 Å². The van der Waals surface area contributed by atoms with E-state index in [0.717, 1.165) is 12.8 Å². The van der Waals surface area contributed by atoms with E-state index in [-0.39, 0.29) is 0 Å². The Balaban J connectivity index is 2.40. The highest BCUT2D eigenvalue weighted by molar-refractivity contribution is 6.37. The van der Waals surface area contributed by atoms with E-state index in [4.69, 9.17) is 5.11 Å². The average molecular weight is 210 g/mol. The lowest BCUT2D eigenvalue weighted by Gasteiger charge is -2.15. The number of ketones is 1. The Bertz CT molecular complexity index is 248. The van der Waals surface area contributed by atoms with Crippen LogP contribution in [0.15, 0.2) is 12.2 Å². The topological polar surface area (TPSA) is 54.4 Å². The molecular weight excluding hydrogens is 192 g/mol. The van der Waals surface area contributed by atoms with Crippen molar-refractivity contribution in [3.8, 4) is 0 Å². The summed E-state index contributed by atoms with van der Waals surface area (Å²) in [6, 6.07) is 0. The number of allylic oxidation sites excluding steroid dienone is 1. The number of hydrogen-bond acceptors (Lipinski definition) is 2. The van der Waals surface area contributed by atoms with Crippen LogP contribution in [-0.4, -0.2) is 16.9 Å². The Kier molecular flexibility index (Phi) is 5.08. The van der Waals surface area contributed by atoms with E-state index in [2.05, 4.69) is 0 Å². The Morgan fingerprint density at radius 3 is 2.07 bits per heavy atom. The van der Waals surface area contributed by atoms with Crippen molar-refractivity contribution < 1.29 is 14.7 Å². The van der Waals surface area contributed by atoms with E-state index in [1.54, 1.807) is 6.08 Å². The first kappa shape index (κ1) is 12.0. The maximum atomic E-state index is 10.9. The van der Waals surface area contributed by atoms with Gasteiger partial charge in [-0.3, -0.25) is 4.79 Å². The number of carbonyl (C=O) groups is 2. The second-order valence-corrected chi connectivity index (χ2v) is 4.13. The molecule has 1 aliphatic rings. The maximum Gasteiger partial charge on any atom is 0.376 e. The number of carboxylic acids is 1. The summed E-state index contributed by atoms with van der Waals surface area (Å²) < 4.78 is 0. The van der Waals surface area contributed by atoms with Crippen molar-refractivity contribution in [3.05, 3.63) is 12.2 Å². The summed E-state index contributed by atoms with van der Waals surface area (Å²) in [6.45, 7) is 0. The first-order valence-corrected chi connectivity index (χ1v) is 5.65. The van der Waals surface area contributed by atoms with Crippen molar-refractivity contribution in [3.63, 3.8) is 0 Å². The van der Waals surface area contributed by atoms with Gasteiger partial charge < -0.3 is 5.11 Å². The van der Waals surface area contributed by atoms with Gasteiger partial charge in [0.2, 0.25) is 0 Å². The Morgan fingerprint density at radius 1 is 1.00 bits per heavy atom. The summed E-state index contributed by atoms with van der Waals surface area (Å²) in [4.78, 5) is 21.1. The molecule has 0 unspecified atom stereocenters. The van der Waals surface area contributed by atoms with Crippen molar-refractivity contribution in [2.45, 2.75) is 44.9 Å². The zero-order valence-corrected chi connectivity index (χ0v) is 8.95. The van der Waals surface area contributed by atoms with Gasteiger partial charge in [-0.25, -0.2) is 4.79 Å². The molecule has 0 aromatic carbocycles. The van der Waals surface area contributed by atoms with Gasteiger partial charge in [0.05, 0.1) is 0 Å². The maximum absolute atomic E-state index is 10.9. The molecule has 0 heterocycles. The molecule has 0 amide bonds. The number of aliphatic carboxylic acids is 1. The Hall–Kier alpha value is -1.12. The van der Waals surface area contributed by atoms with Gasteiger partial charge in [0, 0.05) is 0 Å². The van der Waals surface area contributed by atoms with Crippen LogP contribution in [0.25, 0.3) is 0 Å². The third-order valence-electron chi connectivity index (χ3n) is 2.88. The molecule has 1 fully saturated rings. The second kappa shape index (κ2) is 6.38. The summed E-state index contributed by atoms with van der Waals surface area (Å²) in [5, 5.41) is 8.41. The molecule has 0 saturated heterocycles. The average Bonchev–Trinajstić information content (AvgIpc) is 2.15. The summed E-state index contributed by atoms with van der Waals surface area (Å²) >= 11 is 0. The number of carbonyl (C=O) groups excluding carboxylic acids is 1. The lowest BCUT2D eigenvalue weighted by atomic mass is 9.91. The molecule has 0 aromatic rings. The fourth-order valence-electron chi connectivity index (χ4n) is 1.97. The van der Waals surface area contributed by atoms with Gasteiger partial charge in [-0.1, -0.05) is 38.2 Å². The van der Waals surface area contributed by atoms with Crippen molar-refractivity contribution in [1.82, 2.24) is 0 Å². The monoisotopic (exact) mass is 210 g/mol. The van der Waals surface area contributed by atoms with E-state index in [1.165, 1.54) is 38.2 Å². The third-order valence-corrected chi connectivity index (χ3v) is 2.88. The van der Waals surface area contributed by atoms with Crippen LogP contribution in [0.4, 0.5) is 0 Å². The molecular formula is C12H18O3. The van der Waals surface area contributed by atoms with Gasteiger partial charge in [0.25, 0.3) is 5.78 Å². The highest BCUT2D eigenvalue weighted by Gasteiger charge is 2.10. The minimum Gasteiger partial charge on any atom is -0.475 e. The lowest BCUT2D eigenvalue weighted by Crippen LogP contribution is -2.09. The van der Waals surface area contributed by atoms with E-state index in [0.29, 0.717) is 5.92 Å². The molecule has 3 nitrogen and oxygen atoms in total. The fraction of sp³-hybridized carbons (Fsp3) is 0.667. The predicted octanol–water partition coefficient (Wildman–Crippen LogP) is 2.56. The highest BCUT2D eigenvalue weighted by atomic mass is 16.4. The number of rotatable bonds is 3. The van der Waals surface area contributed by atoms with Crippen molar-refractivity contribution in [2.75, 3.05) is 0 Å². The van der Waals surface area contributed by atoms with E-state index < -0.39 is 11.8 Å². The van der Waals surface area contributed by atoms with Gasteiger partial charge in [0.1, 0.15) is 0 Å². The molecule has 0 aromatic heterocycles. The Labute approximate surface area is 90.2 Å². The molecule has 0 atom stereocenters. The SMILES string of the molecule is O=C(O)C(=O)/C=C/C1CCCCCCC1. The summed E-state index contributed by atoms with van der Waals surface area (Å²) in [5.74, 6) is -1.78. The van der Waals surface area contributed by atoms with Crippen molar-refractivity contribution in [2.24, 2.45) is 5.92 Å². The van der Waals surface area contributed by atoms with Crippen LogP contribution in [0, 0.1) is 5.92 Å². The van der Waals surface area contributed by atoms with Crippen LogP contribution < -0.4 is 0 Å². The quantitative estimate of drug-likeness (QED) is 0.575. The molecule has 3 heteroatoms. The molecule has 1 aliphatic carbocycles. The molecule has 84 valence electrons. The Morgan fingerprint density at radius 2 is 1.53 bits per heavy atom. The zero-order valence-electron chi connectivity index (χ0n) is 8.95. The normalized spacial score (nSPS) is 19.7. The van der Waals surface area contributed by atoms with Gasteiger partial charge >= 0.3 is 5.97 Å². The van der Waals surface area contributed by atoms with Crippen LogP contribution >= 0.6 is 0 Å². The van der Waals surface area contributed by atoms with E-state index in [1.807, 2.05) is 0 Å². The van der Waals surface area contributed by atoms with Crippen molar-refractivity contribution >= 4 is 11.8 Å². The second-order valence-electron chi connectivity index (χ2n) is 4.13. The first-order valence-electron chi connectivity index (χ1n) is 5.65. The third kappa shape index (κ3) is 4.77. The standard InChI is InChI=1S/C12H18O3/c13-11(12(14)15)9-8-10-6-4-2-1-3-5-7-10/h8-10H,1-7H2,(H,14,15)/b9-8+. The smallest absolute Gasteiger partial charge is 0.376 e. The summed E-state index contributed by atoms with van der Waals surface area (Å²) in [5.41, 5.74) is 0. The highest BCUT2D eigenvalue weighted by Crippen LogP contribution is 2.22. The number of carboxylic acid groups (broad SMARTS) is 1. The van der Waals surface area contributed by atoms with E-state index in [9.17, 15) is 9.59 Å². The molecule has 1 rings (SSSR count). The minimum atomic E-state index is -1.36. The zero-order chi connectivity index (χ0) is 11.1. The molecule has 0 radical (unpaired) electrons. The van der Waals surface area contributed by atoms with Gasteiger partial charge in [-0.2, -0.15) is 0 Å². The van der Waals surface area contributed by atoms with Crippen LogP contribution in [0.1, 0.15) is 44.9 Å². The molecule has 0 bridgehead atoms. The van der Waals surface area contributed by atoms with Crippen molar-refractivity contribution in [1.29, 1.82) is 0 Å². The van der Waals surface area contributed by atoms with Gasteiger partial charge in [0.15, 0.2) is 0 Å². The largest absolute Gasteiger partial charge is 0.475 e. The molecule has 1 saturated carbocycles. The van der Waals surface area contributed by atoms with Gasteiger partial charge in [-0.05, 0) is 24.8 Å². The van der Waals surface area contributed by atoms with Crippen LogP contribution in [0.2, 0.25) is 0 Å². The fourth-order valence-corrected chi connectivity index (χ4v) is 1.97. The minimum absolute atomic E-state index is 0.397. The lowest BCUT2D eigenvalue weighted by molar-refractivity contribution is -0.146. The summed E-state index contributed by atoms with van der Waals surface area (Å²) in [7, 11) is 0.